The van der Waals surface area contributed by atoms with Crippen molar-refractivity contribution in [1.29, 1.82) is 0 Å². The molecule has 0 unspecified atom stereocenters. The van der Waals surface area contributed by atoms with Gasteiger partial charge in [-0.3, -0.25) is 4.79 Å². The maximum Gasteiger partial charge on any atom is 0.341 e. The molecule has 0 saturated heterocycles. The highest BCUT2D eigenvalue weighted by Gasteiger charge is 2.25. The molecule has 0 heterocycles. The second-order valence-corrected chi connectivity index (χ2v) is 5.59. The molecule has 1 N–H and O–H groups in total. The van der Waals surface area contributed by atoms with Crippen LogP contribution in [0.1, 0.15) is 49.4 Å². The number of rotatable bonds is 6. The molecule has 0 radical (unpaired) electrons. The second-order valence-electron chi connectivity index (χ2n) is 5.59. The summed E-state index contributed by atoms with van der Waals surface area (Å²) in [6.07, 6.45) is 5.73. The lowest BCUT2D eigenvalue weighted by Gasteiger charge is -2.33. The van der Waals surface area contributed by atoms with Crippen molar-refractivity contribution in [3.63, 3.8) is 0 Å². The molecule has 0 bridgehead atoms. The van der Waals surface area contributed by atoms with Crippen molar-refractivity contribution < 1.29 is 19.4 Å². The molecule has 1 aromatic carbocycles. The molecular formula is C17H23NO4. The predicted molar refractivity (Wildman–Crippen MR) is 83.2 cm³/mol. The average Bonchev–Trinajstić information content (AvgIpc) is 2.55. The van der Waals surface area contributed by atoms with E-state index in [9.17, 15) is 9.59 Å². The number of hydrogen-bond acceptors (Lipinski definition) is 3. The Kier molecular flexibility index (Phi) is 5.81. The first-order valence-electron chi connectivity index (χ1n) is 7.87. The number of nitrogens with zero attached hydrogens (tertiary/aromatic N) is 1. The van der Waals surface area contributed by atoms with Gasteiger partial charge in [0.2, 0.25) is 0 Å². The van der Waals surface area contributed by atoms with E-state index in [2.05, 4.69) is 0 Å². The van der Waals surface area contributed by atoms with Gasteiger partial charge in [0.25, 0.3) is 5.91 Å². The van der Waals surface area contributed by atoms with Crippen LogP contribution in [0.25, 0.3) is 0 Å². The third kappa shape index (κ3) is 4.23. The predicted octanol–water partition coefficient (Wildman–Crippen LogP) is 2.94. The lowest BCUT2D eigenvalue weighted by atomic mass is 9.93. The summed E-state index contributed by atoms with van der Waals surface area (Å²) in [6.45, 7) is 2.28. The molecule has 0 aromatic heterocycles. The summed E-state index contributed by atoms with van der Waals surface area (Å²) in [5.74, 6) is -0.628. The summed E-state index contributed by atoms with van der Waals surface area (Å²) >= 11 is 0. The third-order valence-electron chi connectivity index (χ3n) is 4.06. The highest BCUT2D eigenvalue weighted by Crippen LogP contribution is 2.24. The minimum Gasteiger partial charge on any atom is -0.482 e. The standard InChI is InChI=1S/C17H23NO4/c1-2-18(14-8-4-3-5-9-14)17(21)13-7-6-10-15(11-13)22-12-16(19)20/h6-7,10-11,14H,2-5,8-9,12H2,1H3,(H,19,20). The summed E-state index contributed by atoms with van der Waals surface area (Å²) in [7, 11) is 0. The van der Waals surface area contributed by atoms with Crippen molar-refractivity contribution >= 4 is 11.9 Å². The van der Waals surface area contributed by atoms with E-state index in [1.54, 1.807) is 24.3 Å². The molecule has 22 heavy (non-hydrogen) atoms. The summed E-state index contributed by atoms with van der Waals surface area (Å²) in [6, 6.07) is 7.07. The lowest BCUT2D eigenvalue weighted by Crippen LogP contribution is -2.41. The van der Waals surface area contributed by atoms with Crippen LogP contribution in [-0.2, 0) is 4.79 Å². The molecule has 5 nitrogen and oxygen atoms in total. The molecule has 1 fully saturated rings. The smallest absolute Gasteiger partial charge is 0.341 e. The van der Waals surface area contributed by atoms with Gasteiger partial charge in [-0.15, -0.1) is 0 Å². The zero-order valence-electron chi connectivity index (χ0n) is 13.0. The zero-order valence-corrected chi connectivity index (χ0v) is 13.0. The van der Waals surface area contributed by atoms with Gasteiger partial charge >= 0.3 is 5.97 Å². The molecule has 0 spiro atoms. The average molecular weight is 305 g/mol. The molecule has 120 valence electrons. The van der Waals surface area contributed by atoms with Crippen LogP contribution in [0.4, 0.5) is 0 Å². The van der Waals surface area contributed by atoms with Gasteiger partial charge in [-0.1, -0.05) is 25.3 Å². The number of hydrogen-bond donors (Lipinski definition) is 1. The Bertz CT molecular complexity index is 523. The first kappa shape index (κ1) is 16.3. The quantitative estimate of drug-likeness (QED) is 0.877. The normalized spacial score (nSPS) is 15.3. The Morgan fingerprint density at radius 2 is 2.00 bits per heavy atom. The van der Waals surface area contributed by atoms with E-state index in [1.807, 2.05) is 11.8 Å². The van der Waals surface area contributed by atoms with Crippen molar-refractivity contribution in [3.05, 3.63) is 29.8 Å². The molecular weight excluding hydrogens is 282 g/mol. The van der Waals surface area contributed by atoms with Crippen molar-refractivity contribution in [2.45, 2.75) is 45.1 Å². The van der Waals surface area contributed by atoms with Gasteiger partial charge in [-0.25, -0.2) is 4.79 Å². The summed E-state index contributed by atoms with van der Waals surface area (Å²) in [4.78, 5) is 25.2. The SMILES string of the molecule is CCN(C(=O)c1cccc(OCC(=O)O)c1)C1CCCCC1. The van der Waals surface area contributed by atoms with Gasteiger partial charge in [-0.05, 0) is 38.0 Å². The van der Waals surface area contributed by atoms with Crippen LogP contribution in [0, 0.1) is 0 Å². The largest absolute Gasteiger partial charge is 0.482 e. The van der Waals surface area contributed by atoms with E-state index in [0.29, 0.717) is 23.9 Å². The summed E-state index contributed by atoms with van der Waals surface area (Å²) in [5.41, 5.74) is 0.551. The van der Waals surface area contributed by atoms with Crippen LogP contribution >= 0.6 is 0 Å². The number of carboxylic acids is 1. The highest BCUT2D eigenvalue weighted by atomic mass is 16.5. The molecule has 1 saturated carbocycles. The maximum absolute atomic E-state index is 12.7. The van der Waals surface area contributed by atoms with E-state index in [4.69, 9.17) is 9.84 Å². The maximum atomic E-state index is 12.7. The molecule has 1 aliphatic rings. The molecule has 1 aromatic rings. The fourth-order valence-corrected chi connectivity index (χ4v) is 2.99. The first-order valence-corrected chi connectivity index (χ1v) is 7.87. The van der Waals surface area contributed by atoms with Crippen LogP contribution in [-0.4, -0.2) is 41.1 Å². The van der Waals surface area contributed by atoms with Crippen LogP contribution in [0.15, 0.2) is 24.3 Å². The van der Waals surface area contributed by atoms with Crippen LogP contribution < -0.4 is 4.74 Å². The summed E-state index contributed by atoms with van der Waals surface area (Å²) < 4.78 is 5.15. The molecule has 2 rings (SSSR count). The van der Waals surface area contributed by atoms with Crippen LogP contribution in [0.5, 0.6) is 5.75 Å². The van der Waals surface area contributed by atoms with Gasteiger partial charge in [-0.2, -0.15) is 0 Å². The first-order chi connectivity index (χ1) is 10.6. The Hall–Kier alpha value is -2.04. The van der Waals surface area contributed by atoms with Crippen molar-refractivity contribution in [1.82, 2.24) is 4.90 Å². The van der Waals surface area contributed by atoms with E-state index in [1.165, 1.54) is 19.3 Å². The van der Waals surface area contributed by atoms with E-state index >= 15 is 0 Å². The molecule has 1 amide bonds. The number of benzene rings is 1. The van der Waals surface area contributed by atoms with Crippen molar-refractivity contribution in [3.8, 4) is 5.75 Å². The van der Waals surface area contributed by atoms with Gasteiger partial charge in [0.1, 0.15) is 5.75 Å². The van der Waals surface area contributed by atoms with Gasteiger partial charge < -0.3 is 14.7 Å². The van der Waals surface area contributed by atoms with Crippen molar-refractivity contribution in [2.24, 2.45) is 0 Å². The monoisotopic (exact) mass is 305 g/mol. The number of amides is 1. The minimum absolute atomic E-state index is 0.00447. The summed E-state index contributed by atoms with van der Waals surface area (Å²) in [5, 5.41) is 8.65. The number of aliphatic carboxylic acids is 1. The minimum atomic E-state index is -1.03. The Balaban J connectivity index is 2.09. The zero-order chi connectivity index (χ0) is 15.9. The van der Waals surface area contributed by atoms with Gasteiger partial charge in [0.15, 0.2) is 6.61 Å². The molecule has 0 aliphatic heterocycles. The molecule has 5 heteroatoms. The fourth-order valence-electron chi connectivity index (χ4n) is 2.99. The second kappa shape index (κ2) is 7.82. The van der Waals surface area contributed by atoms with Crippen molar-refractivity contribution in [2.75, 3.05) is 13.2 Å². The van der Waals surface area contributed by atoms with Gasteiger partial charge in [0.05, 0.1) is 0 Å². The number of carbonyl (C=O) groups is 2. The van der Waals surface area contributed by atoms with E-state index in [0.717, 1.165) is 12.8 Å². The van der Waals surface area contributed by atoms with Gasteiger partial charge in [0, 0.05) is 18.2 Å². The lowest BCUT2D eigenvalue weighted by molar-refractivity contribution is -0.139. The van der Waals surface area contributed by atoms with E-state index in [-0.39, 0.29) is 5.91 Å². The number of carboxylic acid groups (broad SMARTS) is 1. The Labute approximate surface area is 130 Å². The number of ether oxygens (including phenoxy) is 1. The molecule has 1 aliphatic carbocycles. The van der Waals surface area contributed by atoms with Crippen LogP contribution in [0.2, 0.25) is 0 Å². The molecule has 0 atom stereocenters. The highest BCUT2D eigenvalue weighted by molar-refractivity contribution is 5.94. The fraction of sp³-hybridized carbons (Fsp3) is 0.529. The Morgan fingerprint density at radius 1 is 1.27 bits per heavy atom. The number of carbonyl (C=O) groups excluding carboxylic acids is 1. The third-order valence-corrected chi connectivity index (χ3v) is 4.06. The van der Waals surface area contributed by atoms with Crippen LogP contribution in [0.3, 0.4) is 0 Å². The Morgan fingerprint density at radius 3 is 2.64 bits per heavy atom. The van der Waals surface area contributed by atoms with E-state index < -0.39 is 12.6 Å². The topological polar surface area (TPSA) is 66.8 Å².